The number of rotatable bonds is 6. The smallest absolute Gasteiger partial charge is 0.175 e. The fourth-order valence-electron chi connectivity index (χ4n) is 2.17. The number of hydrogen-bond donors (Lipinski definition) is 3. The van der Waals surface area contributed by atoms with Gasteiger partial charge < -0.3 is 20.6 Å². The first-order valence-corrected chi connectivity index (χ1v) is 7.82. The van der Waals surface area contributed by atoms with Crippen LogP contribution in [-0.2, 0) is 0 Å². The Bertz CT molecular complexity index is 631. The van der Waals surface area contributed by atoms with Gasteiger partial charge in [0.1, 0.15) is 5.82 Å². The van der Waals surface area contributed by atoms with E-state index in [-0.39, 0.29) is 12.4 Å². The number of anilines is 3. The normalized spacial score (nSPS) is 10.2. The number of hydrogen-bond acceptors (Lipinski definition) is 3. The van der Waals surface area contributed by atoms with Crippen molar-refractivity contribution in [2.24, 2.45) is 0 Å². The quantitative estimate of drug-likeness (QED) is 0.707. The fourth-order valence-corrected chi connectivity index (χ4v) is 2.41. The Kier molecular flexibility index (Phi) is 6.31. The second-order valence-corrected chi connectivity index (χ2v) is 5.34. The van der Waals surface area contributed by atoms with Gasteiger partial charge in [-0.05, 0) is 67.7 Å². The first-order valence-electron chi connectivity index (χ1n) is 7.42. The van der Waals surface area contributed by atoms with E-state index in [9.17, 15) is 4.39 Å². The average Bonchev–Trinajstić information content (AvgIpc) is 2.55. The molecule has 0 aromatic heterocycles. The molecular weight excluding hydrogens is 313 g/mol. The maximum atomic E-state index is 12.9. The summed E-state index contributed by atoms with van der Waals surface area (Å²) in [6.45, 7) is 3.61. The van der Waals surface area contributed by atoms with Crippen molar-refractivity contribution in [3.8, 4) is 0 Å². The number of aliphatic hydroxyl groups is 1. The minimum Gasteiger partial charge on any atom is -0.395 e. The second-order valence-electron chi connectivity index (χ2n) is 4.94. The molecule has 2 rings (SSSR count). The lowest BCUT2D eigenvalue weighted by atomic mass is 10.2. The number of thiocarbonyl (C=S) groups is 1. The van der Waals surface area contributed by atoms with Crippen LogP contribution < -0.4 is 15.5 Å². The van der Waals surface area contributed by atoms with Gasteiger partial charge in [0.2, 0.25) is 0 Å². The summed E-state index contributed by atoms with van der Waals surface area (Å²) >= 11 is 5.24. The molecule has 2 aromatic rings. The third kappa shape index (κ3) is 5.19. The Balaban J connectivity index is 1.94. The van der Waals surface area contributed by atoms with Crippen molar-refractivity contribution in [3.05, 3.63) is 54.3 Å². The Labute approximate surface area is 140 Å². The summed E-state index contributed by atoms with van der Waals surface area (Å²) in [4.78, 5) is 2.08. The standard InChI is InChI=1S/C17H20FN3OS/c1-2-21(11-12-22)16-9-7-15(8-10-16)20-17(23)19-14-5-3-13(18)4-6-14/h3-10,22H,2,11-12H2,1H3,(H2,19,20,23). The molecular formula is C17H20FN3OS. The lowest BCUT2D eigenvalue weighted by Gasteiger charge is -2.22. The van der Waals surface area contributed by atoms with Crippen molar-refractivity contribution in [1.82, 2.24) is 0 Å². The molecule has 0 aliphatic heterocycles. The number of likely N-dealkylation sites (N-methyl/N-ethyl adjacent to an activating group) is 1. The molecule has 4 nitrogen and oxygen atoms in total. The molecule has 0 saturated carbocycles. The minimum absolute atomic E-state index is 0.125. The van der Waals surface area contributed by atoms with Crippen molar-refractivity contribution in [2.45, 2.75) is 6.92 Å². The van der Waals surface area contributed by atoms with Crippen LogP contribution in [0.5, 0.6) is 0 Å². The van der Waals surface area contributed by atoms with Crippen molar-refractivity contribution in [3.63, 3.8) is 0 Å². The van der Waals surface area contributed by atoms with Crippen molar-refractivity contribution in [2.75, 3.05) is 35.2 Å². The maximum absolute atomic E-state index is 12.9. The zero-order valence-corrected chi connectivity index (χ0v) is 13.7. The van der Waals surface area contributed by atoms with E-state index < -0.39 is 0 Å². The first kappa shape index (κ1) is 17.2. The van der Waals surface area contributed by atoms with Crippen LogP contribution in [0.3, 0.4) is 0 Å². The Morgan fingerprint density at radius 1 is 1.04 bits per heavy atom. The summed E-state index contributed by atoms with van der Waals surface area (Å²) < 4.78 is 12.9. The highest BCUT2D eigenvalue weighted by Crippen LogP contribution is 2.18. The minimum atomic E-state index is -0.284. The number of nitrogens with zero attached hydrogens (tertiary/aromatic N) is 1. The van der Waals surface area contributed by atoms with E-state index in [0.29, 0.717) is 11.7 Å². The van der Waals surface area contributed by atoms with Gasteiger partial charge in [0.15, 0.2) is 5.11 Å². The predicted molar refractivity (Wildman–Crippen MR) is 97.7 cm³/mol. The van der Waals surface area contributed by atoms with Gasteiger partial charge >= 0.3 is 0 Å². The predicted octanol–water partition coefficient (Wildman–Crippen LogP) is 3.45. The molecule has 0 saturated heterocycles. The van der Waals surface area contributed by atoms with E-state index in [1.807, 2.05) is 31.2 Å². The summed E-state index contributed by atoms with van der Waals surface area (Å²) in [6, 6.07) is 13.8. The molecule has 0 amide bonds. The molecule has 0 atom stereocenters. The fraction of sp³-hybridized carbons (Fsp3) is 0.235. The highest BCUT2D eigenvalue weighted by molar-refractivity contribution is 7.80. The topological polar surface area (TPSA) is 47.5 Å². The third-order valence-corrected chi connectivity index (χ3v) is 3.55. The molecule has 0 aliphatic carbocycles. The summed E-state index contributed by atoms with van der Waals surface area (Å²) in [7, 11) is 0. The van der Waals surface area contributed by atoms with E-state index >= 15 is 0 Å². The van der Waals surface area contributed by atoms with E-state index in [4.69, 9.17) is 17.3 Å². The number of nitrogens with one attached hydrogen (secondary N) is 2. The Hall–Kier alpha value is -2.18. The van der Waals surface area contributed by atoms with Gasteiger partial charge in [0.25, 0.3) is 0 Å². The van der Waals surface area contributed by atoms with E-state index in [0.717, 1.165) is 23.6 Å². The van der Waals surface area contributed by atoms with E-state index in [1.165, 1.54) is 12.1 Å². The Morgan fingerprint density at radius 3 is 2.04 bits per heavy atom. The largest absolute Gasteiger partial charge is 0.395 e. The lowest BCUT2D eigenvalue weighted by molar-refractivity contribution is 0.302. The molecule has 0 radical (unpaired) electrons. The first-order chi connectivity index (χ1) is 11.1. The molecule has 0 spiro atoms. The van der Waals surface area contributed by atoms with Crippen LogP contribution in [0.15, 0.2) is 48.5 Å². The molecule has 0 unspecified atom stereocenters. The number of aliphatic hydroxyl groups excluding tert-OH is 1. The lowest BCUT2D eigenvalue weighted by Crippen LogP contribution is -2.26. The van der Waals surface area contributed by atoms with Crippen LogP contribution in [0, 0.1) is 5.82 Å². The zero-order chi connectivity index (χ0) is 16.7. The maximum Gasteiger partial charge on any atom is 0.175 e. The second kappa shape index (κ2) is 8.45. The monoisotopic (exact) mass is 333 g/mol. The van der Waals surface area contributed by atoms with Crippen LogP contribution in [0.1, 0.15) is 6.92 Å². The van der Waals surface area contributed by atoms with Crippen LogP contribution >= 0.6 is 12.2 Å². The van der Waals surface area contributed by atoms with Crippen molar-refractivity contribution in [1.29, 1.82) is 0 Å². The van der Waals surface area contributed by atoms with Gasteiger partial charge in [-0.3, -0.25) is 0 Å². The molecule has 122 valence electrons. The van der Waals surface area contributed by atoms with Crippen LogP contribution in [0.4, 0.5) is 21.5 Å². The molecule has 23 heavy (non-hydrogen) atoms. The van der Waals surface area contributed by atoms with Gasteiger partial charge in [-0.2, -0.15) is 0 Å². The molecule has 3 N–H and O–H groups in total. The molecule has 0 bridgehead atoms. The third-order valence-electron chi connectivity index (χ3n) is 3.34. The van der Waals surface area contributed by atoms with Gasteiger partial charge in [0, 0.05) is 30.2 Å². The SMILES string of the molecule is CCN(CCO)c1ccc(NC(=S)Nc2ccc(F)cc2)cc1. The molecule has 6 heteroatoms. The van der Waals surface area contributed by atoms with Crippen LogP contribution in [0.25, 0.3) is 0 Å². The van der Waals surface area contributed by atoms with Gasteiger partial charge in [-0.25, -0.2) is 4.39 Å². The Morgan fingerprint density at radius 2 is 1.57 bits per heavy atom. The number of benzene rings is 2. The average molecular weight is 333 g/mol. The summed E-state index contributed by atoms with van der Waals surface area (Å²) in [6.07, 6.45) is 0. The summed E-state index contributed by atoms with van der Waals surface area (Å²) in [5.74, 6) is -0.284. The molecule has 0 heterocycles. The molecule has 2 aromatic carbocycles. The van der Waals surface area contributed by atoms with Gasteiger partial charge in [-0.1, -0.05) is 0 Å². The van der Waals surface area contributed by atoms with Crippen molar-refractivity contribution < 1.29 is 9.50 Å². The highest BCUT2D eigenvalue weighted by atomic mass is 32.1. The van der Waals surface area contributed by atoms with Crippen molar-refractivity contribution >= 4 is 34.4 Å². The highest BCUT2D eigenvalue weighted by Gasteiger charge is 2.04. The zero-order valence-electron chi connectivity index (χ0n) is 12.9. The molecule has 0 fully saturated rings. The molecule has 0 aliphatic rings. The summed E-state index contributed by atoms with van der Waals surface area (Å²) in [5.41, 5.74) is 2.62. The summed E-state index contributed by atoms with van der Waals surface area (Å²) in [5, 5.41) is 15.6. The van der Waals surface area contributed by atoms with Gasteiger partial charge in [-0.15, -0.1) is 0 Å². The van der Waals surface area contributed by atoms with Crippen LogP contribution in [0.2, 0.25) is 0 Å². The van der Waals surface area contributed by atoms with Crippen LogP contribution in [-0.4, -0.2) is 29.9 Å². The van der Waals surface area contributed by atoms with E-state index in [1.54, 1.807) is 12.1 Å². The number of halogens is 1. The van der Waals surface area contributed by atoms with E-state index in [2.05, 4.69) is 15.5 Å². The van der Waals surface area contributed by atoms with Gasteiger partial charge in [0.05, 0.1) is 6.61 Å².